The number of nitrogen functional groups attached to an aromatic ring is 1. The van der Waals surface area contributed by atoms with Gasteiger partial charge in [0.25, 0.3) is 10.0 Å². The fourth-order valence-corrected chi connectivity index (χ4v) is 3.31. The van der Waals surface area contributed by atoms with Crippen molar-refractivity contribution < 1.29 is 13.2 Å². The minimum absolute atomic E-state index is 0.000851. The molecule has 0 saturated carbocycles. The number of hydrogen-bond acceptors (Lipinski definition) is 5. The first-order valence-electron chi connectivity index (χ1n) is 6.22. The molecule has 114 valence electrons. The number of hydrogen-bond donors (Lipinski definition) is 1. The van der Waals surface area contributed by atoms with Crippen molar-refractivity contribution in [3.63, 3.8) is 0 Å². The zero-order valence-electron chi connectivity index (χ0n) is 12.1. The van der Waals surface area contributed by atoms with E-state index in [1.165, 1.54) is 22.2 Å². The minimum atomic E-state index is -3.69. The summed E-state index contributed by atoms with van der Waals surface area (Å²) in [4.78, 5) is 3.81. The smallest absolute Gasteiger partial charge is 0.262 e. The van der Waals surface area contributed by atoms with Gasteiger partial charge >= 0.3 is 0 Å². The summed E-state index contributed by atoms with van der Waals surface area (Å²) >= 11 is 0. The molecule has 0 aliphatic carbocycles. The van der Waals surface area contributed by atoms with Crippen LogP contribution in [0.2, 0.25) is 0 Å². The van der Waals surface area contributed by atoms with Crippen LogP contribution in [0.3, 0.4) is 0 Å². The summed E-state index contributed by atoms with van der Waals surface area (Å²) in [6.45, 7) is 0.233. The lowest BCUT2D eigenvalue weighted by Gasteiger charge is -2.17. The van der Waals surface area contributed by atoms with Gasteiger partial charge in [-0.1, -0.05) is 12.1 Å². The highest BCUT2D eigenvalue weighted by atomic mass is 32.2. The van der Waals surface area contributed by atoms with Crippen molar-refractivity contribution in [2.45, 2.75) is 11.6 Å². The first-order chi connectivity index (χ1) is 9.86. The number of ether oxygens (including phenoxy) is 1. The second-order valence-electron chi connectivity index (χ2n) is 4.66. The van der Waals surface area contributed by atoms with Gasteiger partial charge in [-0.05, 0) is 17.7 Å². The molecule has 7 nitrogen and oxygen atoms in total. The molecule has 8 heteroatoms. The number of aryl methyl sites for hydroxylation is 1. The quantitative estimate of drug-likeness (QED) is 0.883. The van der Waals surface area contributed by atoms with Gasteiger partial charge in [0.2, 0.25) is 0 Å². The van der Waals surface area contributed by atoms with E-state index in [2.05, 4.69) is 4.98 Å². The molecule has 0 aliphatic heterocycles. The number of nitrogens with zero attached hydrogens (tertiary/aromatic N) is 3. The van der Waals surface area contributed by atoms with Crippen molar-refractivity contribution in [1.29, 1.82) is 0 Å². The Morgan fingerprint density at radius 2 is 1.95 bits per heavy atom. The Hall–Kier alpha value is -2.06. The van der Waals surface area contributed by atoms with E-state index in [0.717, 1.165) is 11.3 Å². The van der Waals surface area contributed by atoms with E-state index < -0.39 is 10.0 Å². The van der Waals surface area contributed by atoms with Crippen molar-refractivity contribution in [2.24, 2.45) is 7.05 Å². The van der Waals surface area contributed by atoms with Crippen LogP contribution >= 0.6 is 0 Å². The van der Waals surface area contributed by atoms with Crippen molar-refractivity contribution in [2.75, 3.05) is 19.9 Å². The molecule has 0 atom stereocenters. The molecule has 0 aliphatic rings. The number of rotatable bonds is 5. The lowest BCUT2D eigenvalue weighted by atomic mass is 10.2. The molecule has 0 spiro atoms. The average Bonchev–Trinajstić information content (AvgIpc) is 2.79. The Kier molecular flexibility index (Phi) is 4.19. The number of benzene rings is 1. The lowest BCUT2D eigenvalue weighted by molar-refractivity contribution is 0.414. The van der Waals surface area contributed by atoms with Crippen molar-refractivity contribution in [3.05, 3.63) is 36.2 Å². The Morgan fingerprint density at radius 1 is 1.33 bits per heavy atom. The van der Waals surface area contributed by atoms with Crippen LogP contribution in [0.4, 0.5) is 5.82 Å². The summed E-state index contributed by atoms with van der Waals surface area (Å²) in [5.74, 6) is 0.722. The normalized spacial score (nSPS) is 11.8. The maximum atomic E-state index is 12.5. The molecule has 1 aromatic carbocycles. The zero-order valence-corrected chi connectivity index (χ0v) is 13.0. The molecular weight excluding hydrogens is 292 g/mol. The van der Waals surface area contributed by atoms with Gasteiger partial charge in [-0.15, -0.1) is 0 Å². The van der Waals surface area contributed by atoms with E-state index in [1.54, 1.807) is 26.3 Å². The van der Waals surface area contributed by atoms with Crippen LogP contribution in [-0.4, -0.2) is 36.4 Å². The Bertz CT molecular complexity index is 703. The molecule has 0 amide bonds. The van der Waals surface area contributed by atoms with Gasteiger partial charge in [0.05, 0.1) is 13.4 Å². The summed E-state index contributed by atoms with van der Waals surface area (Å²) in [6, 6.07) is 7.21. The van der Waals surface area contributed by atoms with Crippen LogP contribution in [-0.2, 0) is 23.6 Å². The predicted molar refractivity (Wildman–Crippen MR) is 79.3 cm³/mol. The number of imidazole rings is 1. The highest BCUT2D eigenvalue weighted by molar-refractivity contribution is 7.89. The Balaban J connectivity index is 2.24. The first kappa shape index (κ1) is 15.3. The van der Waals surface area contributed by atoms with Crippen LogP contribution in [0.25, 0.3) is 0 Å². The van der Waals surface area contributed by atoms with Gasteiger partial charge < -0.3 is 15.0 Å². The van der Waals surface area contributed by atoms with Gasteiger partial charge in [0.1, 0.15) is 5.75 Å². The van der Waals surface area contributed by atoms with E-state index in [9.17, 15) is 8.42 Å². The lowest BCUT2D eigenvalue weighted by Crippen LogP contribution is -2.28. The number of methoxy groups -OCH3 is 1. The van der Waals surface area contributed by atoms with Gasteiger partial charge in [-0.2, -0.15) is 4.31 Å². The fourth-order valence-electron chi connectivity index (χ4n) is 1.97. The SMILES string of the molecule is COc1ccc(CN(C)S(=O)(=O)c2c(N)ncn2C)cc1. The third-order valence-corrected chi connectivity index (χ3v) is 5.06. The first-order valence-corrected chi connectivity index (χ1v) is 7.66. The van der Waals surface area contributed by atoms with E-state index in [4.69, 9.17) is 10.5 Å². The highest BCUT2D eigenvalue weighted by Crippen LogP contribution is 2.21. The largest absolute Gasteiger partial charge is 0.497 e. The van der Waals surface area contributed by atoms with E-state index in [1.807, 2.05) is 12.1 Å². The van der Waals surface area contributed by atoms with Crippen molar-refractivity contribution in [1.82, 2.24) is 13.9 Å². The summed E-state index contributed by atoms with van der Waals surface area (Å²) in [6.07, 6.45) is 1.38. The molecule has 0 fully saturated rings. The van der Waals surface area contributed by atoms with Crippen LogP contribution in [0, 0.1) is 0 Å². The standard InChI is InChI=1S/C13H18N4O3S/c1-16-9-15-12(14)13(16)21(18,19)17(2)8-10-4-6-11(20-3)7-5-10/h4-7,9H,8,14H2,1-3H3. The molecule has 0 unspecified atom stereocenters. The van der Waals surface area contributed by atoms with Crippen LogP contribution in [0.15, 0.2) is 35.6 Å². The van der Waals surface area contributed by atoms with Crippen LogP contribution in [0.5, 0.6) is 5.75 Å². The third-order valence-electron chi connectivity index (χ3n) is 3.13. The Morgan fingerprint density at radius 3 is 2.43 bits per heavy atom. The molecule has 0 saturated heterocycles. The highest BCUT2D eigenvalue weighted by Gasteiger charge is 2.27. The second-order valence-corrected chi connectivity index (χ2v) is 6.62. The number of anilines is 1. The average molecular weight is 310 g/mol. The number of aromatic nitrogens is 2. The van der Waals surface area contributed by atoms with Gasteiger partial charge in [-0.25, -0.2) is 13.4 Å². The molecule has 1 heterocycles. The molecule has 2 rings (SSSR count). The minimum Gasteiger partial charge on any atom is -0.497 e. The monoisotopic (exact) mass is 310 g/mol. The molecule has 2 N–H and O–H groups in total. The maximum absolute atomic E-state index is 12.5. The molecule has 21 heavy (non-hydrogen) atoms. The van der Waals surface area contributed by atoms with Crippen molar-refractivity contribution in [3.8, 4) is 5.75 Å². The topological polar surface area (TPSA) is 90.4 Å². The number of nitrogens with two attached hydrogens (primary N) is 1. The fraction of sp³-hybridized carbons (Fsp3) is 0.308. The summed E-state index contributed by atoms with van der Waals surface area (Å²) < 4.78 is 32.8. The molecule has 0 radical (unpaired) electrons. The summed E-state index contributed by atoms with van der Waals surface area (Å²) in [5, 5.41) is -0.00138. The van der Waals surface area contributed by atoms with E-state index >= 15 is 0 Å². The van der Waals surface area contributed by atoms with Gasteiger partial charge in [0, 0.05) is 20.6 Å². The summed E-state index contributed by atoms with van der Waals surface area (Å²) in [7, 11) is 0.987. The van der Waals surface area contributed by atoms with Gasteiger partial charge in [0.15, 0.2) is 10.8 Å². The van der Waals surface area contributed by atoms with E-state index in [0.29, 0.717) is 0 Å². The second kappa shape index (κ2) is 5.74. The van der Waals surface area contributed by atoms with Crippen LogP contribution in [0.1, 0.15) is 5.56 Å². The third kappa shape index (κ3) is 3.01. The maximum Gasteiger partial charge on any atom is 0.262 e. The van der Waals surface area contributed by atoms with Crippen molar-refractivity contribution >= 4 is 15.8 Å². The predicted octanol–water partition coefficient (Wildman–Crippen LogP) is 0.832. The Labute approximate surface area is 124 Å². The zero-order chi connectivity index (χ0) is 15.6. The summed E-state index contributed by atoms with van der Waals surface area (Å²) in [5.41, 5.74) is 6.49. The molecule has 1 aromatic heterocycles. The van der Waals surface area contributed by atoms with E-state index in [-0.39, 0.29) is 17.4 Å². The molecular formula is C13H18N4O3S. The molecule has 2 aromatic rings. The van der Waals surface area contributed by atoms with Gasteiger partial charge in [-0.3, -0.25) is 0 Å². The van der Waals surface area contributed by atoms with Crippen LogP contribution < -0.4 is 10.5 Å². The molecule has 0 bridgehead atoms. The number of sulfonamides is 1.